The zero-order valence-corrected chi connectivity index (χ0v) is 19.6. The number of fused-ring (bicyclic) bond motifs is 1. The molecule has 2 aromatic rings. The summed E-state index contributed by atoms with van der Waals surface area (Å²) in [6.07, 6.45) is 3.31. The third kappa shape index (κ3) is 6.71. The van der Waals surface area contributed by atoms with Crippen LogP contribution in [0.2, 0.25) is 0 Å². The summed E-state index contributed by atoms with van der Waals surface area (Å²) in [5, 5.41) is 6.84. The maximum absolute atomic E-state index is 12.2. The molecule has 1 saturated heterocycles. The molecule has 0 saturated carbocycles. The van der Waals surface area contributed by atoms with Crippen LogP contribution in [0.25, 0.3) is 0 Å². The topological polar surface area (TPSA) is 97.8 Å². The van der Waals surface area contributed by atoms with Gasteiger partial charge in [0.05, 0.1) is 5.69 Å². The maximum atomic E-state index is 12.2. The highest BCUT2D eigenvalue weighted by atomic mass is 16.7. The predicted octanol–water partition coefficient (Wildman–Crippen LogP) is 3.55. The Morgan fingerprint density at radius 2 is 1.91 bits per heavy atom. The van der Waals surface area contributed by atoms with Crippen LogP contribution < -0.4 is 20.1 Å². The number of anilines is 1. The molecule has 1 aromatic carbocycles. The summed E-state index contributed by atoms with van der Waals surface area (Å²) in [5.74, 6) is 2.88. The number of likely N-dealkylation sites (tertiary alicyclic amines) is 1. The highest BCUT2D eigenvalue weighted by Gasteiger charge is 2.26. The molecule has 9 heteroatoms. The van der Waals surface area contributed by atoms with E-state index in [9.17, 15) is 4.79 Å². The zero-order chi connectivity index (χ0) is 23.3. The van der Waals surface area contributed by atoms with Crippen LogP contribution in [-0.2, 0) is 17.8 Å². The van der Waals surface area contributed by atoms with Crippen molar-refractivity contribution in [3.8, 4) is 11.5 Å². The molecular formula is C24H33N5O4. The van der Waals surface area contributed by atoms with E-state index in [0.717, 1.165) is 61.1 Å². The van der Waals surface area contributed by atoms with Crippen LogP contribution in [-0.4, -0.2) is 53.0 Å². The van der Waals surface area contributed by atoms with Gasteiger partial charge in [0.15, 0.2) is 11.5 Å². The highest BCUT2D eigenvalue weighted by Crippen LogP contribution is 2.32. The van der Waals surface area contributed by atoms with Gasteiger partial charge < -0.3 is 29.7 Å². The van der Waals surface area contributed by atoms with Gasteiger partial charge in [0.25, 0.3) is 0 Å². The molecule has 0 aliphatic carbocycles. The number of aromatic nitrogens is 2. The van der Waals surface area contributed by atoms with Crippen molar-refractivity contribution in [1.29, 1.82) is 0 Å². The summed E-state index contributed by atoms with van der Waals surface area (Å²) in [6.45, 7) is 9.64. The molecule has 9 nitrogen and oxygen atoms in total. The zero-order valence-electron chi connectivity index (χ0n) is 19.6. The Bertz CT molecular complexity index is 954. The Morgan fingerprint density at radius 1 is 1.12 bits per heavy atom. The smallest absolute Gasteiger partial charge is 0.410 e. The number of carbonyl (C=O) groups excluding carboxylic acids is 1. The Labute approximate surface area is 194 Å². The molecule has 1 aromatic heterocycles. The van der Waals surface area contributed by atoms with Crippen molar-refractivity contribution in [2.45, 2.75) is 52.3 Å². The number of rotatable bonds is 7. The lowest BCUT2D eigenvalue weighted by Gasteiger charge is -2.33. The van der Waals surface area contributed by atoms with Gasteiger partial charge in [-0.3, -0.25) is 0 Å². The second-order valence-corrected chi connectivity index (χ2v) is 9.48. The minimum Gasteiger partial charge on any atom is -0.454 e. The van der Waals surface area contributed by atoms with E-state index in [1.165, 1.54) is 0 Å². The molecule has 4 rings (SSSR count). The van der Waals surface area contributed by atoms with Crippen molar-refractivity contribution < 1.29 is 19.0 Å². The van der Waals surface area contributed by atoms with E-state index in [0.29, 0.717) is 19.0 Å². The van der Waals surface area contributed by atoms with Gasteiger partial charge in [-0.15, -0.1) is 0 Å². The highest BCUT2D eigenvalue weighted by molar-refractivity contribution is 5.68. The number of hydrogen-bond donors (Lipinski definition) is 2. The van der Waals surface area contributed by atoms with Crippen molar-refractivity contribution in [3.05, 3.63) is 41.9 Å². The number of benzene rings is 1. The Balaban J connectivity index is 1.18. The van der Waals surface area contributed by atoms with Gasteiger partial charge in [-0.25, -0.2) is 14.8 Å². The third-order valence-electron chi connectivity index (χ3n) is 5.64. The van der Waals surface area contributed by atoms with Crippen molar-refractivity contribution in [3.63, 3.8) is 0 Å². The lowest BCUT2D eigenvalue weighted by molar-refractivity contribution is 0.0184. The normalized spacial score (nSPS) is 16.0. The summed E-state index contributed by atoms with van der Waals surface area (Å²) in [5.41, 5.74) is 1.57. The fourth-order valence-corrected chi connectivity index (χ4v) is 3.88. The second kappa shape index (κ2) is 10.2. The Morgan fingerprint density at radius 3 is 2.70 bits per heavy atom. The molecule has 1 fully saturated rings. The first-order valence-corrected chi connectivity index (χ1v) is 11.5. The summed E-state index contributed by atoms with van der Waals surface area (Å²) in [7, 11) is 0. The standard InChI is InChI=1S/C24H33N5O4/c1-24(2,3)33-23(30)29-8-6-17(7-9-29)12-25-14-19-11-22(28-15-27-19)26-13-18-4-5-20-21(10-18)32-16-31-20/h4-5,10-11,15,17,25H,6-9,12-14,16H2,1-3H3,(H,26,27,28). The SMILES string of the molecule is CC(C)(C)OC(=O)N1CCC(CNCc2cc(NCc3ccc4c(c3)OCO4)ncn2)CC1. The predicted molar refractivity (Wildman–Crippen MR) is 124 cm³/mol. The average Bonchev–Trinajstić information content (AvgIpc) is 3.25. The fraction of sp³-hybridized carbons (Fsp3) is 0.542. The number of carbonyl (C=O) groups is 1. The monoisotopic (exact) mass is 455 g/mol. The van der Waals surface area contributed by atoms with Gasteiger partial charge >= 0.3 is 6.09 Å². The molecule has 3 heterocycles. The van der Waals surface area contributed by atoms with Gasteiger partial charge in [-0.2, -0.15) is 0 Å². The number of ether oxygens (including phenoxy) is 3. The van der Waals surface area contributed by atoms with E-state index >= 15 is 0 Å². The quantitative estimate of drug-likeness (QED) is 0.654. The summed E-state index contributed by atoms with van der Waals surface area (Å²) >= 11 is 0. The molecule has 0 unspecified atom stereocenters. The largest absolute Gasteiger partial charge is 0.454 e. The van der Waals surface area contributed by atoms with Crippen LogP contribution in [0.15, 0.2) is 30.6 Å². The average molecular weight is 456 g/mol. The van der Waals surface area contributed by atoms with E-state index in [4.69, 9.17) is 14.2 Å². The van der Waals surface area contributed by atoms with Crippen LogP contribution in [0.1, 0.15) is 44.9 Å². The van der Waals surface area contributed by atoms with E-state index in [2.05, 4.69) is 20.6 Å². The number of amides is 1. The molecule has 2 N–H and O–H groups in total. The van der Waals surface area contributed by atoms with Gasteiger partial charge in [0, 0.05) is 32.2 Å². The van der Waals surface area contributed by atoms with E-state index < -0.39 is 5.60 Å². The lowest BCUT2D eigenvalue weighted by atomic mass is 9.97. The number of piperidine rings is 1. The van der Waals surface area contributed by atoms with Crippen LogP contribution in [0.3, 0.4) is 0 Å². The number of hydrogen-bond acceptors (Lipinski definition) is 8. The van der Waals surface area contributed by atoms with E-state index in [1.54, 1.807) is 6.33 Å². The van der Waals surface area contributed by atoms with Crippen LogP contribution >= 0.6 is 0 Å². The van der Waals surface area contributed by atoms with E-state index in [1.807, 2.05) is 49.9 Å². The van der Waals surface area contributed by atoms with Gasteiger partial charge in [0.2, 0.25) is 6.79 Å². The number of nitrogens with zero attached hydrogens (tertiary/aromatic N) is 3. The van der Waals surface area contributed by atoms with Crippen molar-refractivity contribution in [2.75, 3.05) is 31.7 Å². The molecule has 33 heavy (non-hydrogen) atoms. The third-order valence-corrected chi connectivity index (χ3v) is 5.64. The fourth-order valence-electron chi connectivity index (χ4n) is 3.88. The maximum Gasteiger partial charge on any atom is 0.410 e. The lowest BCUT2D eigenvalue weighted by Crippen LogP contribution is -2.43. The van der Waals surface area contributed by atoms with Gasteiger partial charge in [-0.1, -0.05) is 6.07 Å². The Hall–Kier alpha value is -3.07. The molecular weight excluding hydrogens is 422 g/mol. The summed E-state index contributed by atoms with van der Waals surface area (Å²) in [4.78, 5) is 22.7. The molecule has 2 aliphatic rings. The minimum absolute atomic E-state index is 0.212. The second-order valence-electron chi connectivity index (χ2n) is 9.48. The van der Waals surface area contributed by atoms with Crippen molar-refractivity contribution in [2.24, 2.45) is 5.92 Å². The van der Waals surface area contributed by atoms with Crippen molar-refractivity contribution in [1.82, 2.24) is 20.2 Å². The first-order chi connectivity index (χ1) is 15.9. The molecule has 2 aliphatic heterocycles. The molecule has 0 radical (unpaired) electrons. The summed E-state index contributed by atoms with van der Waals surface area (Å²) < 4.78 is 16.3. The van der Waals surface area contributed by atoms with Crippen LogP contribution in [0, 0.1) is 5.92 Å². The molecule has 0 spiro atoms. The van der Waals surface area contributed by atoms with Gasteiger partial charge in [-0.05, 0) is 63.8 Å². The first-order valence-electron chi connectivity index (χ1n) is 11.5. The van der Waals surface area contributed by atoms with Gasteiger partial charge in [0.1, 0.15) is 17.7 Å². The van der Waals surface area contributed by atoms with Crippen molar-refractivity contribution >= 4 is 11.9 Å². The minimum atomic E-state index is -0.453. The van der Waals surface area contributed by atoms with E-state index in [-0.39, 0.29) is 12.9 Å². The summed E-state index contributed by atoms with van der Waals surface area (Å²) in [6, 6.07) is 7.88. The molecule has 178 valence electrons. The molecule has 0 bridgehead atoms. The Kier molecular flexibility index (Phi) is 7.17. The van der Waals surface area contributed by atoms with Crippen LogP contribution in [0.5, 0.6) is 11.5 Å². The first kappa shape index (κ1) is 23.1. The molecule has 1 amide bonds. The number of nitrogens with one attached hydrogen (secondary N) is 2. The molecule has 0 atom stereocenters. The van der Waals surface area contributed by atoms with Crippen LogP contribution in [0.4, 0.5) is 10.6 Å².